The average molecular weight is 416 g/mol. The van der Waals surface area contributed by atoms with Gasteiger partial charge in [-0.1, -0.05) is 22.0 Å². The molecule has 0 aliphatic heterocycles. The highest BCUT2D eigenvalue weighted by atomic mass is 79.9. The number of esters is 1. The van der Waals surface area contributed by atoms with Gasteiger partial charge >= 0.3 is 5.97 Å². The number of aryl methyl sites for hydroxylation is 1. The van der Waals surface area contributed by atoms with Crippen molar-refractivity contribution in [2.75, 3.05) is 7.11 Å². The molecule has 0 bridgehead atoms. The van der Waals surface area contributed by atoms with Crippen LogP contribution in [0.25, 0.3) is 0 Å². The van der Waals surface area contributed by atoms with Gasteiger partial charge in [-0.25, -0.2) is 9.78 Å². The molecule has 2 rings (SSSR count). The SMILES string of the molecule is COC(=O)c1ccc(Cn2c(C)ncc(Br)c2=O)c(Br)c1. The molecule has 0 saturated carbocycles. The van der Waals surface area contributed by atoms with Crippen LogP contribution in [0.3, 0.4) is 0 Å². The quantitative estimate of drug-likeness (QED) is 0.723. The lowest BCUT2D eigenvalue weighted by Crippen LogP contribution is -2.24. The first-order valence-corrected chi connectivity index (χ1v) is 7.61. The minimum Gasteiger partial charge on any atom is -0.465 e. The Morgan fingerprint density at radius 3 is 2.67 bits per heavy atom. The fourth-order valence-corrected chi connectivity index (χ4v) is 2.65. The molecule has 1 heterocycles. The van der Waals surface area contributed by atoms with Crippen LogP contribution < -0.4 is 5.56 Å². The molecule has 0 radical (unpaired) electrons. The first kappa shape index (κ1) is 15.9. The Morgan fingerprint density at radius 2 is 2.05 bits per heavy atom. The van der Waals surface area contributed by atoms with Crippen LogP contribution in [0, 0.1) is 6.92 Å². The summed E-state index contributed by atoms with van der Waals surface area (Å²) in [6, 6.07) is 5.12. The fourth-order valence-electron chi connectivity index (χ4n) is 1.83. The summed E-state index contributed by atoms with van der Waals surface area (Å²) in [6.07, 6.45) is 1.49. The third-order valence-corrected chi connectivity index (χ3v) is 4.29. The van der Waals surface area contributed by atoms with E-state index in [1.165, 1.54) is 13.3 Å². The smallest absolute Gasteiger partial charge is 0.337 e. The Bertz CT molecular complexity index is 756. The molecule has 21 heavy (non-hydrogen) atoms. The second kappa shape index (κ2) is 6.53. The Morgan fingerprint density at radius 1 is 1.33 bits per heavy atom. The zero-order chi connectivity index (χ0) is 15.6. The number of carbonyl (C=O) groups is 1. The van der Waals surface area contributed by atoms with Gasteiger partial charge in [0, 0.05) is 10.7 Å². The third kappa shape index (κ3) is 3.41. The summed E-state index contributed by atoms with van der Waals surface area (Å²) < 4.78 is 7.38. The molecule has 2 aromatic rings. The van der Waals surface area contributed by atoms with Crippen LogP contribution in [0.5, 0.6) is 0 Å². The van der Waals surface area contributed by atoms with E-state index in [2.05, 4.69) is 41.6 Å². The van der Waals surface area contributed by atoms with Gasteiger partial charge in [0.1, 0.15) is 10.3 Å². The van der Waals surface area contributed by atoms with Gasteiger partial charge in [0.2, 0.25) is 0 Å². The highest BCUT2D eigenvalue weighted by molar-refractivity contribution is 9.10. The Labute approximate surface area is 138 Å². The molecule has 0 fully saturated rings. The molecule has 0 aliphatic carbocycles. The lowest BCUT2D eigenvalue weighted by molar-refractivity contribution is 0.0600. The normalized spacial score (nSPS) is 10.5. The van der Waals surface area contributed by atoms with Crippen LogP contribution in [-0.4, -0.2) is 22.6 Å². The number of rotatable bonds is 3. The van der Waals surface area contributed by atoms with Crippen molar-refractivity contribution in [3.63, 3.8) is 0 Å². The van der Waals surface area contributed by atoms with E-state index in [0.717, 1.165) is 10.0 Å². The summed E-state index contributed by atoms with van der Waals surface area (Å²) >= 11 is 6.60. The Kier molecular flexibility index (Phi) is 4.95. The van der Waals surface area contributed by atoms with Gasteiger partial charge in [0.15, 0.2) is 0 Å². The van der Waals surface area contributed by atoms with E-state index in [4.69, 9.17) is 0 Å². The summed E-state index contributed by atoms with van der Waals surface area (Å²) in [5.41, 5.74) is 1.17. The van der Waals surface area contributed by atoms with Crippen molar-refractivity contribution in [1.29, 1.82) is 0 Å². The second-order valence-electron chi connectivity index (χ2n) is 4.34. The number of methoxy groups -OCH3 is 1. The number of benzene rings is 1. The molecule has 0 saturated heterocycles. The van der Waals surface area contributed by atoms with Gasteiger partial charge in [-0.3, -0.25) is 9.36 Å². The highest BCUT2D eigenvalue weighted by Crippen LogP contribution is 2.20. The molecular weight excluding hydrogens is 404 g/mol. The molecule has 5 nitrogen and oxygen atoms in total. The molecule has 7 heteroatoms. The summed E-state index contributed by atoms with van der Waals surface area (Å²) in [6.45, 7) is 2.13. The standard InChI is InChI=1S/C14H12Br2N2O3/c1-8-17-6-12(16)13(19)18(8)7-10-4-3-9(5-11(10)15)14(20)21-2/h3-6H,7H2,1-2H3. The minimum atomic E-state index is -0.403. The monoisotopic (exact) mass is 414 g/mol. The Hall–Kier alpha value is -1.47. The fraction of sp³-hybridized carbons (Fsp3) is 0.214. The van der Waals surface area contributed by atoms with Gasteiger partial charge in [-0.2, -0.15) is 0 Å². The number of aromatic nitrogens is 2. The van der Waals surface area contributed by atoms with Crippen molar-refractivity contribution in [2.24, 2.45) is 0 Å². The van der Waals surface area contributed by atoms with E-state index in [1.54, 1.807) is 29.7 Å². The van der Waals surface area contributed by atoms with Crippen LogP contribution in [0.4, 0.5) is 0 Å². The average Bonchev–Trinajstić information content (AvgIpc) is 2.48. The van der Waals surface area contributed by atoms with E-state index in [-0.39, 0.29) is 5.56 Å². The molecule has 0 amide bonds. The predicted octanol–water partition coefficient (Wildman–Crippen LogP) is 2.91. The van der Waals surface area contributed by atoms with Crippen LogP contribution in [-0.2, 0) is 11.3 Å². The van der Waals surface area contributed by atoms with Gasteiger partial charge in [0.05, 0.1) is 19.2 Å². The van der Waals surface area contributed by atoms with Crippen molar-refractivity contribution < 1.29 is 9.53 Å². The maximum atomic E-state index is 12.1. The third-order valence-electron chi connectivity index (χ3n) is 3.01. The van der Waals surface area contributed by atoms with Crippen molar-refractivity contribution in [1.82, 2.24) is 9.55 Å². The Balaban J connectivity index is 2.40. The number of hydrogen-bond acceptors (Lipinski definition) is 4. The zero-order valence-corrected chi connectivity index (χ0v) is 14.6. The van der Waals surface area contributed by atoms with E-state index < -0.39 is 5.97 Å². The van der Waals surface area contributed by atoms with Crippen LogP contribution >= 0.6 is 31.9 Å². The van der Waals surface area contributed by atoms with Crippen molar-refractivity contribution in [3.8, 4) is 0 Å². The van der Waals surface area contributed by atoms with E-state index in [1.807, 2.05) is 0 Å². The topological polar surface area (TPSA) is 61.2 Å². The van der Waals surface area contributed by atoms with Crippen molar-refractivity contribution >= 4 is 37.8 Å². The largest absolute Gasteiger partial charge is 0.465 e. The first-order valence-electron chi connectivity index (χ1n) is 6.02. The van der Waals surface area contributed by atoms with Gasteiger partial charge in [-0.15, -0.1) is 0 Å². The van der Waals surface area contributed by atoms with Gasteiger partial charge < -0.3 is 4.74 Å². The van der Waals surface area contributed by atoms with Gasteiger partial charge in [0.25, 0.3) is 5.56 Å². The van der Waals surface area contributed by atoms with Crippen LogP contribution in [0.1, 0.15) is 21.7 Å². The number of carbonyl (C=O) groups excluding carboxylic acids is 1. The van der Waals surface area contributed by atoms with E-state index >= 15 is 0 Å². The molecular formula is C14H12Br2N2O3. The summed E-state index contributed by atoms with van der Waals surface area (Å²) in [5.74, 6) is 0.215. The molecule has 0 N–H and O–H groups in total. The van der Waals surface area contributed by atoms with Crippen LogP contribution in [0.15, 0.2) is 38.1 Å². The van der Waals surface area contributed by atoms with Gasteiger partial charge in [-0.05, 0) is 40.5 Å². The van der Waals surface area contributed by atoms with Crippen molar-refractivity contribution in [2.45, 2.75) is 13.5 Å². The number of halogens is 2. The van der Waals surface area contributed by atoms with E-state index in [9.17, 15) is 9.59 Å². The maximum Gasteiger partial charge on any atom is 0.337 e. The summed E-state index contributed by atoms with van der Waals surface area (Å²) in [5, 5.41) is 0. The lowest BCUT2D eigenvalue weighted by Gasteiger charge is -2.11. The molecule has 1 aromatic heterocycles. The van der Waals surface area contributed by atoms with Crippen LogP contribution in [0.2, 0.25) is 0 Å². The zero-order valence-electron chi connectivity index (χ0n) is 11.4. The number of hydrogen-bond donors (Lipinski definition) is 0. The number of ether oxygens (including phenoxy) is 1. The second-order valence-corrected chi connectivity index (χ2v) is 6.05. The first-order chi connectivity index (χ1) is 9.93. The molecule has 0 spiro atoms. The minimum absolute atomic E-state index is 0.147. The predicted molar refractivity (Wildman–Crippen MR) is 85.5 cm³/mol. The highest BCUT2D eigenvalue weighted by Gasteiger charge is 2.11. The number of nitrogens with zero attached hydrogens (tertiary/aromatic N) is 2. The molecule has 0 atom stereocenters. The van der Waals surface area contributed by atoms with E-state index in [0.29, 0.717) is 22.4 Å². The molecule has 0 unspecified atom stereocenters. The summed E-state index contributed by atoms with van der Waals surface area (Å²) in [7, 11) is 1.33. The maximum absolute atomic E-state index is 12.1. The lowest BCUT2D eigenvalue weighted by atomic mass is 10.1. The summed E-state index contributed by atoms with van der Waals surface area (Å²) in [4.78, 5) is 27.7. The molecule has 1 aromatic carbocycles. The molecule has 0 aliphatic rings. The van der Waals surface area contributed by atoms with Crippen molar-refractivity contribution in [3.05, 3.63) is 60.6 Å². The molecule has 110 valence electrons.